The molecule has 0 aromatic heterocycles. The molecule has 178 valence electrons. The van der Waals surface area contributed by atoms with Crippen LogP contribution >= 0.6 is 33.9 Å². The van der Waals surface area contributed by atoms with E-state index in [1.165, 1.54) is 0 Å². The summed E-state index contributed by atoms with van der Waals surface area (Å²) in [6.07, 6.45) is -0.0642. The molecule has 1 unspecified atom stereocenters. The highest BCUT2D eigenvalue weighted by Gasteiger charge is 2.14. The van der Waals surface area contributed by atoms with Gasteiger partial charge in [0.25, 0.3) is 5.91 Å². The number of carbonyl (C=O) groups is 2. The normalized spacial score (nSPS) is 11.6. The van der Waals surface area contributed by atoms with E-state index in [9.17, 15) is 9.59 Å². The van der Waals surface area contributed by atoms with Gasteiger partial charge in [0.2, 0.25) is 0 Å². The summed E-state index contributed by atoms with van der Waals surface area (Å²) in [6.45, 7) is 4.28. The molecule has 3 aromatic carbocycles. The smallest absolute Gasteiger partial charge is 0.307 e. The van der Waals surface area contributed by atoms with E-state index in [0.717, 1.165) is 4.90 Å². The molecule has 0 radical (unpaired) electrons. The summed E-state index contributed by atoms with van der Waals surface area (Å²) in [7, 11) is -0.612. The lowest BCUT2D eigenvalue weighted by Crippen LogP contribution is -2.22. The van der Waals surface area contributed by atoms with Gasteiger partial charge in [0.15, 0.2) is 5.75 Å². The number of hydrogen-bond acceptors (Lipinski definition) is 4. The Kier molecular flexibility index (Phi) is 8.98. The predicted octanol–water partition coefficient (Wildman–Crippen LogP) is 6.64. The number of anilines is 1. The van der Waals surface area contributed by atoms with Crippen LogP contribution in [0.4, 0.5) is 5.69 Å². The molecule has 3 N–H and O–H groups in total. The standard InChI is InChI=1S/C25H24Cl2N2O4S/c1-3-28-25(32)17-7-11-22(33-19-9-5-16(6-10-19)13-24(30)31)21(14-17)29-34(4-2)23-12-8-18(26)15-20(23)27/h4-12,14-15,29H,3,13H2,1-2H3,(H,28,32)(H,30,31). The van der Waals surface area contributed by atoms with Crippen LogP contribution in [0.3, 0.4) is 0 Å². The van der Waals surface area contributed by atoms with Crippen molar-refractivity contribution >= 4 is 56.8 Å². The summed E-state index contributed by atoms with van der Waals surface area (Å²) in [4.78, 5) is 24.2. The highest BCUT2D eigenvalue weighted by molar-refractivity contribution is 8.16. The van der Waals surface area contributed by atoms with Gasteiger partial charge in [-0.3, -0.25) is 9.59 Å². The average molecular weight is 519 g/mol. The molecule has 6 nitrogen and oxygen atoms in total. The highest BCUT2D eigenvalue weighted by atomic mass is 35.5. The first kappa shape index (κ1) is 25.6. The Balaban J connectivity index is 1.96. The van der Waals surface area contributed by atoms with Crippen LogP contribution in [0.25, 0.3) is 0 Å². The Labute approximate surface area is 210 Å². The van der Waals surface area contributed by atoms with E-state index in [0.29, 0.717) is 44.9 Å². The van der Waals surface area contributed by atoms with Crippen LogP contribution in [-0.2, 0) is 11.2 Å². The number of halogens is 2. The second-order valence-corrected chi connectivity index (χ2v) is 9.77. The van der Waals surface area contributed by atoms with E-state index in [1.54, 1.807) is 54.6 Å². The summed E-state index contributed by atoms with van der Waals surface area (Å²) in [5, 5.41) is 14.8. The lowest BCUT2D eigenvalue weighted by atomic mass is 10.1. The lowest BCUT2D eigenvalue weighted by molar-refractivity contribution is -0.136. The van der Waals surface area contributed by atoms with Crippen molar-refractivity contribution in [2.45, 2.75) is 25.2 Å². The second-order valence-electron chi connectivity index (χ2n) is 7.14. The fraction of sp³-hybridized carbons (Fsp3) is 0.160. The molecule has 0 aliphatic heterocycles. The number of carboxylic acids is 1. The maximum Gasteiger partial charge on any atom is 0.307 e. The Morgan fingerprint density at radius 2 is 1.79 bits per heavy atom. The first-order valence-electron chi connectivity index (χ1n) is 10.5. The van der Waals surface area contributed by atoms with E-state index in [-0.39, 0.29) is 12.3 Å². The summed E-state index contributed by atoms with van der Waals surface area (Å²) in [5.74, 6) is -0.0545. The van der Waals surface area contributed by atoms with Crippen LogP contribution in [0.2, 0.25) is 10.0 Å². The maximum atomic E-state index is 12.4. The minimum absolute atomic E-state index is 0.0642. The van der Waals surface area contributed by atoms with Crippen molar-refractivity contribution in [2.75, 3.05) is 11.3 Å². The van der Waals surface area contributed by atoms with E-state index < -0.39 is 16.6 Å². The van der Waals surface area contributed by atoms with Gasteiger partial charge in [-0.05, 0) is 73.3 Å². The minimum Gasteiger partial charge on any atom is -0.481 e. The van der Waals surface area contributed by atoms with Crippen molar-refractivity contribution in [1.82, 2.24) is 5.32 Å². The van der Waals surface area contributed by atoms with Gasteiger partial charge in [-0.1, -0.05) is 46.0 Å². The quantitative estimate of drug-likeness (QED) is 0.276. The van der Waals surface area contributed by atoms with Gasteiger partial charge in [0.1, 0.15) is 5.75 Å². The molecule has 1 amide bonds. The molecule has 0 heterocycles. The third kappa shape index (κ3) is 6.76. The fourth-order valence-corrected chi connectivity index (χ4v) is 5.11. The van der Waals surface area contributed by atoms with Crippen molar-refractivity contribution in [1.29, 1.82) is 0 Å². The number of benzene rings is 3. The first-order chi connectivity index (χ1) is 16.3. The molecule has 0 spiro atoms. The number of nitrogens with one attached hydrogen (secondary N) is 2. The minimum atomic E-state index is -0.898. The number of ether oxygens (including phenoxy) is 1. The Bertz CT molecular complexity index is 1230. The van der Waals surface area contributed by atoms with Crippen LogP contribution in [0.5, 0.6) is 11.5 Å². The summed E-state index contributed by atoms with van der Waals surface area (Å²) < 4.78 is 9.52. The number of carboxylic acid groups (broad SMARTS) is 1. The zero-order valence-corrected chi connectivity index (χ0v) is 20.9. The molecule has 0 saturated carbocycles. The number of aliphatic carboxylic acids is 1. The number of amides is 1. The van der Waals surface area contributed by atoms with Crippen LogP contribution in [0.1, 0.15) is 29.8 Å². The fourth-order valence-electron chi connectivity index (χ4n) is 3.09. The molecule has 3 aromatic rings. The van der Waals surface area contributed by atoms with E-state index in [4.69, 9.17) is 33.0 Å². The predicted molar refractivity (Wildman–Crippen MR) is 140 cm³/mol. The third-order valence-corrected chi connectivity index (χ3v) is 7.07. The molecule has 0 fully saturated rings. The largest absolute Gasteiger partial charge is 0.481 e. The van der Waals surface area contributed by atoms with Crippen LogP contribution in [0, 0.1) is 0 Å². The summed E-state index contributed by atoms with van der Waals surface area (Å²) >= 11 is 12.5. The maximum absolute atomic E-state index is 12.4. The topological polar surface area (TPSA) is 87.7 Å². The molecule has 0 aliphatic rings. The van der Waals surface area contributed by atoms with Crippen molar-refractivity contribution in [3.05, 3.63) is 81.8 Å². The monoisotopic (exact) mass is 518 g/mol. The second kappa shape index (κ2) is 11.9. The van der Waals surface area contributed by atoms with Crippen molar-refractivity contribution < 1.29 is 19.4 Å². The summed E-state index contributed by atoms with van der Waals surface area (Å²) in [6, 6.07) is 17.3. The van der Waals surface area contributed by atoms with Crippen molar-refractivity contribution in [2.24, 2.45) is 0 Å². The van der Waals surface area contributed by atoms with Gasteiger partial charge >= 0.3 is 5.97 Å². The molecule has 0 saturated heterocycles. The molecule has 0 bridgehead atoms. The Morgan fingerprint density at radius 3 is 2.41 bits per heavy atom. The van der Waals surface area contributed by atoms with Gasteiger partial charge in [-0.25, -0.2) is 0 Å². The van der Waals surface area contributed by atoms with Crippen LogP contribution in [0.15, 0.2) is 65.6 Å². The molecular weight excluding hydrogens is 495 g/mol. The van der Waals surface area contributed by atoms with Gasteiger partial charge in [-0.2, -0.15) is 0 Å². The van der Waals surface area contributed by atoms with Gasteiger partial charge < -0.3 is 19.9 Å². The molecule has 3 rings (SSSR count). The van der Waals surface area contributed by atoms with E-state index in [2.05, 4.69) is 10.0 Å². The van der Waals surface area contributed by atoms with Crippen molar-refractivity contribution in [3.8, 4) is 11.5 Å². The molecule has 9 heteroatoms. The average Bonchev–Trinajstić information content (AvgIpc) is 2.80. The van der Waals surface area contributed by atoms with Crippen LogP contribution in [-0.4, -0.2) is 28.9 Å². The Morgan fingerprint density at radius 1 is 1.06 bits per heavy atom. The third-order valence-electron chi connectivity index (χ3n) is 4.67. The Hall–Kier alpha value is -3.00. The molecule has 1 atom stereocenters. The van der Waals surface area contributed by atoms with Gasteiger partial charge in [0, 0.05) is 22.0 Å². The van der Waals surface area contributed by atoms with Crippen molar-refractivity contribution in [3.63, 3.8) is 0 Å². The van der Waals surface area contributed by atoms with E-state index >= 15 is 0 Å². The number of rotatable bonds is 9. The molecule has 0 aliphatic carbocycles. The lowest BCUT2D eigenvalue weighted by Gasteiger charge is -2.18. The highest BCUT2D eigenvalue weighted by Crippen LogP contribution is 2.39. The van der Waals surface area contributed by atoms with Crippen LogP contribution < -0.4 is 14.8 Å². The number of hydrogen-bond donors (Lipinski definition) is 3. The first-order valence-corrected chi connectivity index (χ1v) is 12.5. The molecular formula is C25H24Cl2N2O4S. The van der Waals surface area contributed by atoms with Gasteiger partial charge in [0.05, 0.1) is 17.1 Å². The SMILES string of the molecule is C/C=S(/Nc1cc(C(=O)NCC)ccc1Oc1ccc(CC(=O)O)cc1)c1ccc(Cl)cc1Cl. The zero-order chi connectivity index (χ0) is 24.7. The summed E-state index contributed by atoms with van der Waals surface area (Å²) in [5.41, 5.74) is 1.76. The number of carbonyl (C=O) groups excluding carboxylic acids is 1. The molecule has 34 heavy (non-hydrogen) atoms. The van der Waals surface area contributed by atoms with Gasteiger partial charge in [-0.15, -0.1) is 0 Å². The van der Waals surface area contributed by atoms with E-state index in [1.807, 2.05) is 25.3 Å². The zero-order valence-electron chi connectivity index (χ0n) is 18.6.